The molecule has 0 fully saturated rings. The Kier molecular flexibility index (Phi) is 2.25. The van der Waals surface area contributed by atoms with Crippen molar-refractivity contribution >= 4 is 25.6 Å². The van der Waals surface area contributed by atoms with Crippen molar-refractivity contribution in [2.45, 2.75) is 11.8 Å². The van der Waals surface area contributed by atoms with Crippen LogP contribution in [0.3, 0.4) is 0 Å². The van der Waals surface area contributed by atoms with Gasteiger partial charge in [-0.05, 0) is 18.6 Å². The number of pyridine rings is 1. The van der Waals surface area contributed by atoms with Gasteiger partial charge in [0, 0.05) is 16.9 Å². The summed E-state index contributed by atoms with van der Waals surface area (Å²) in [6, 6.07) is 1.38. The molecule has 0 saturated carbocycles. The topological polar surface area (TPSA) is 73.0 Å². The molecule has 0 aliphatic carbocycles. The molecular formula is C6H7ClN2O2S. The van der Waals surface area contributed by atoms with Crippen LogP contribution in [0.4, 0.5) is 5.82 Å². The normalized spacial score (nSPS) is 11.5. The molecule has 1 heterocycles. The van der Waals surface area contributed by atoms with Crippen LogP contribution in [0.2, 0.25) is 0 Å². The molecule has 0 saturated heterocycles. The minimum Gasteiger partial charge on any atom is -0.383 e. The lowest BCUT2D eigenvalue weighted by Crippen LogP contribution is -1.98. The van der Waals surface area contributed by atoms with Crippen LogP contribution >= 0.6 is 10.7 Å². The fourth-order valence-electron chi connectivity index (χ4n) is 0.693. The molecule has 0 unspecified atom stereocenters. The van der Waals surface area contributed by atoms with Gasteiger partial charge >= 0.3 is 0 Å². The van der Waals surface area contributed by atoms with E-state index >= 15 is 0 Å². The average molecular weight is 207 g/mol. The second-order valence-electron chi connectivity index (χ2n) is 2.31. The van der Waals surface area contributed by atoms with E-state index in [2.05, 4.69) is 4.98 Å². The van der Waals surface area contributed by atoms with E-state index in [1.165, 1.54) is 6.07 Å². The highest BCUT2D eigenvalue weighted by Gasteiger charge is 2.10. The third-order valence-electron chi connectivity index (χ3n) is 1.38. The van der Waals surface area contributed by atoms with Crippen molar-refractivity contribution in [1.29, 1.82) is 0 Å². The van der Waals surface area contributed by atoms with E-state index in [4.69, 9.17) is 16.4 Å². The van der Waals surface area contributed by atoms with Crippen molar-refractivity contribution in [3.8, 4) is 0 Å². The molecule has 0 aliphatic heterocycles. The van der Waals surface area contributed by atoms with Crippen molar-refractivity contribution in [3.05, 3.63) is 17.8 Å². The fourth-order valence-corrected chi connectivity index (χ4v) is 1.44. The standard InChI is InChI=1S/C6H7ClN2O2S/c1-4-2-5(12(7,10)11)3-9-6(4)8/h2-3H,1H3,(H2,8,9). The summed E-state index contributed by atoms with van der Waals surface area (Å²) in [5.41, 5.74) is 5.98. The summed E-state index contributed by atoms with van der Waals surface area (Å²) in [4.78, 5) is 3.63. The summed E-state index contributed by atoms with van der Waals surface area (Å²) in [6.07, 6.45) is 1.13. The van der Waals surface area contributed by atoms with Crippen LogP contribution in [0.15, 0.2) is 17.2 Å². The van der Waals surface area contributed by atoms with E-state index in [1.54, 1.807) is 6.92 Å². The maximum absolute atomic E-state index is 10.8. The Hall–Kier alpha value is -0.810. The largest absolute Gasteiger partial charge is 0.383 e. The van der Waals surface area contributed by atoms with Crippen LogP contribution in [0.5, 0.6) is 0 Å². The summed E-state index contributed by atoms with van der Waals surface area (Å²) in [7, 11) is 1.39. The molecule has 1 rings (SSSR count). The van der Waals surface area contributed by atoms with Crippen molar-refractivity contribution in [3.63, 3.8) is 0 Å². The number of nitrogen functional groups attached to an aromatic ring is 1. The molecule has 1 aromatic heterocycles. The Balaban J connectivity index is 3.33. The highest BCUT2D eigenvalue weighted by Crippen LogP contribution is 2.17. The maximum atomic E-state index is 10.8. The third kappa shape index (κ3) is 1.86. The minimum atomic E-state index is -3.69. The molecule has 6 heteroatoms. The highest BCUT2D eigenvalue weighted by molar-refractivity contribution is 8.13. The van der Waals surface area contributed by atoms with Gasteiger partial charge in [-0.15, -0.1) is 0 Å². The lowest BCUT2D eigenvalue weighted by atomic mass is 10.3. The summed E-state index contributed by atoms with van der Waals surface area (Å²) < 4.78 is 21.6. The number of anilines is 1. The fraction of sp³-hybridized carbons (Fsp3) is 0.167. The van der Waals surface area contributed by atoms with E-state index in [-0.39, 0.29) is 4.90 Å². The van der Waals surface area contributed by atoms with Gasteiger partial charge in [0.2, 0.25) is 0 Å². The Morgan fingerprint density at radius 1 is 1.58 bits per heavy atom. The zero-order chi connectivity index (χ0) is 9.35. The Morgan fingerprint density at radius 3 is 2.58 bits per heavy atom. The van der Waals surface area contributed by atoms with Gasteiger partial charge in [0.25, 0.3) is 9.05 Å². The average Bonchev–Trinajstić information content (AvgIpc) is 1.92. The first-order chi connectivity index (χ1) is 5.41. The summed E-state index contributed by atoms with van der Waals surface area (Å²) in [5, 5.41) is 0. The van der Waals surface area contributed by atoms with E-state index < -0.39 is 9.05 Å². The number of hydrogen-bond donors (Lipinski definition) is 1. The van der Waals surface area contributed by atoms with E-state index in [0.29, 0.717) is 11.4 Å². The highest BCUT2D eigenvalue weighted by atomic mass is 35.7. The predicted octanol–water partition coefficient (Wildman–Crippen LogP) is 0.900. The molecule has 0 bridgehead atoms. The van der Waals surface area contributed by atoms with Gasteiger partial charge in [-0.2, -0.15) is 0 Å². The molecular weight excluding hydrogens is 200 g/mol. The zero-order valence-corrected chi connectivity index (χ0v) is 7.85. The molecule has 4 nitrogen and oxygen atoms in total. The summed E-state index contributed by atoms with van der Waals surface area (Å²) in [6.45, 7) is 1.66. The van der Waals surface area contributed by atoms with E-state index in [1.807, 2.05) is 0 Å². The van der Waals surface area contributed by atoms with E-state index in [0.717, 1.165) is 6.20 Å². The minimum absolute atomic E-state index is 0.0316. The van der Waals surface area contributed by atoms with Gasteiger partial charge in [0.15, 0.2) is 0 Å². The molecule has 0 spiro atoms. The van der Waals surface area contributed by atoms with Crippen LogP contribution in [0.1, 0.15) is 5.56 Å². The van der Waals surface area contributed by atoms with Crippen molar-refractivity contribution < 1.29 is 8.42 Å². The quantitative estimate of drug-likeness (QED) is 0.693. The van der Waals surface area contributed by atoms with Crippen LogP contribution in [-0.2, 0) is 9.05 Å². The third-order valence-corrected chi connectivity index (χ3v) is 2.70. The monoisotopic (exact) mass is 206 g/mol. The molecule has 0 aliphatic rings. The molecule has 0 radical (unpaired) electrons. The second-order valence-corrected chi connectivity index (χ2v) is 4.88. The lowest BCUT2D eigenvalue weighted by molar-refractivity contribution is 0.609. The number of aromatic nitrogens is 1. The molecule has 1 aromatic rings. The van der Waals surface area contributed by atoms with E-state index in [9.17, 15) is 8.42 Å². The van der Waals surface area contributed by atoms with Gasteiger partial charge in [0.05, 0.1) is 0 Å². The molecule has 0 amide bonds. The number of nitrogens with zero attached hydrogens (tertiary/aromatic N) is 1. The van der Waals surface area contributed by atoms with Gasteiger partial charge in [-0.1, -0.05) is 0 Å². The van der Waals surface area contributed by atoms with Gasteiger partial charge in [0.1, 0.15) is 10.7 Å². The predicted molar refractivity (Wildman–Crippen MR) is 46.4 cm³/mol. The SMILES string of the molecule is Cc1cc(S(=O)(=O)Cl)cnc1N. The van der Waals surface area contributed by atoms with Gasteiger partial charge in [-0.3, -0.25) is 0 Å². The smallest absolute Gasteiger partial charge is 0.262 e. The number of hydrogen-bond acceptors (Lipinski definition) is 4. The van der Waals surface area contributed by atoms with Crippen molar-refractivity contribution in [1.82, 2.24) is 4.98 Å². The Labute approximate surface area is 74.8 Å². The summed E-state index contributed by atoms with van der Waals surface area (Å²) >= 11 is 0. The molecule has 66 valence electrons. The number of nitrogens with two attached hydrogens (primary N) is 1. The maximum Gasteiger partial charge on any atom is 0.262 e. The van der Waals surface area contributed by atoms with Crippen LogP contribution in [0.25, 0.3) is 0 Å². The molecule has 0 atom stereocenters. The molecule has 0 aromatic carbocycles. The van der Waals surface area contributed by atoms with Crippen LogP contribution < -0.4 is 5.73 Å². The van der Waals surface area contributed by atoms with Gasteiger partial charge < -0.3 is 5.73 Å². The first-order valence-corrected chi connectivity index (χ1v) is 5.39. The molecule has 12 heavy (non-hydrogen) atoms. The first-order valence-electron chi connectivity index (χ1n) is 3.08. The first kappa shape index (κ1) is 9.28. The Bertz CT molecular complexity index is 402. The lowest BCUT2D eigenvalue weighted by Gasteiger charge is -1.99. The van der Waals surface area contributed by atoms with Crippen molar-refractivity contribution in [2.75, 3.05) is 5.73 Å². The number of aryl methyl sites for hydroxylation is 1. The van der Waals surface area contributed by atoms with Crippen LogP contribution in [0, 0.1) is 6.92 Å². The van der Waals surface area contributed by atoms with Crippen molar-refractivity contribution in [2.24, 2.45) is 0 Å². The van der Waals surface area contributed by atoms with Gasteiger partial charge in [-0.25, -0.2) is 13.4 Å². The molecule has 2 N–H and O–H groups in total. The zero-order valence-electron chi connectivity index (χ0n) is 6.28. The number of rotatable bonds is 1. The Morgan fingerprint density at radius 2 is 2.17 bits per heavy atom. The second kappa shape index (κ2) is 2.91. The number of halogens is 1. The summed E-state index contributed by atoms with van der Waals surface area (Å²) in [5.74, 6) is 0.305. The van der Waals surface area contributed by atoms with Crippen LogP contribution in [-0.4, -0.2) is 13.4 Å².